The van der Waals surface area contributed by atoms with Gasteiger partial charge < -0.3 is 9.84 Å². The van der Waals surface area contributed by atoms with Gasteiger partial charge in [0.15, 0.2) is 5.82 Å². The summed E-state index contributed by atoms with van der Waals surface area (Å²) in [5.41, 5.74) is 0.468. The van der Waals surface area contributed by atoms with Crippen LogP contribution in [0.2, 0.25) is 5.02 Å². The highest BCUT2D eigenvalue weighted by molar-refractivity contribution is 6.30. The average Bonchev–Trinajstić information content (AvgIpc) is 3.13. The van der Waals surface area contributed by atoms with Crippen molar-refractivity contribution in [1.29, 1.82) is 0 Å². The van der Waals surface area contributed by atoms with E-state index in [2.05, 4.69) is 15.5 Å². The zero-order chi connectivity index (χ0) is 13.2. The number of rotatable bonds is 5. The van der Waals surface area contributed by atoms with E-state index in [1.165, 1.54) is 18.9 Å². The van der Waals surface area contributed by atoms with Crippen LogP contribution in [0.1, 0.15) is 30.1 Å². The third kappa shape index (κ3) is 3.11. The smallest absolute Gasteiger partial charge is 0.240 e. The fourth-order valence-electron chi connectivity index (χ4n) is 1.81. The summed E-state index contributed by atoms with van der Waals surface area (Å²) in [4.78, 5) is 4.23. The van der Waals surface area contributed by atoms with Crippen LogP contribution < -0.4 is 5.32 Å². The fourth-order valence-corrected chi connectivity index (χ4v) is 2.00. The van der Waals surface area contributed by atoms with Crippen molar-refractivity contribution >= 4 is 11.6 Å². The Kier molecular flexibility index (Phi) is 3.48. The minimum absolute atomic E-state index is 0.108. The molecule has 19 heavy (non-hydrogen) atoms. The molecular formula is C13H13ClFN3O. The minimum Gasteiger partial charge on any atom is -0.338 e. The second-order valence-electron chi connectivity index (χ2n) is 4.65. The normalized spacial score (nSPS) is 14.8. The van der Waals surface area contributed by atoms with Crippen LogP contribution in [0.4, 0.5) is 4.39 Å². The maximum Gasteiger partial charge on any atom is 0.240 e. The Bertz CT molecular complexity index is 583. The van der Waals surface area contributed by atoms with E-state index in [9.17, 15) is 4.39 Å². The van der Waals surface area contributed by atoms with Gasteiger partial charge in [0.2, 0.25) is 5.89 Å². The van der Waals surface area contributed by atoms with Crippen molar-refractivity contribution in [3.05, 3.63) is 46.3 Å². The summed E-state index contributed by atoms with van der Waals surface area (Å²) in [6.45, 7) is 0.565. The van der Waals surface area contributed by atoms with Crippen molar-refractivity contribution in [1.82, 2.24) is 15.5 Å². The zero-order valence-electron chi connectivity index (χ0n) is 10.2. The van der Waals surface area contributed by atoms with Crippen LogP contribution in [0.5, 0.6) is 0 Å². The first kappa shape index (κ1) is 12.6. The SMILES string of the molecule is Fc1c(Cl)cccc1Cc1noc(CNC2CC2)n1. The molecule has 4 nitrogen and oxygen atoms in total. The first-order chi connectivity index (χ1) is 9.22. The molecule has 0 aliphatic heterocycles. The van der Waals surface area contributed by atoms with Crippen LogP contribution in [0.3, 0.4) is 0 Å². The number of hydrogen-bond acceptors (Lipinski definition) is 4. The lowest BCUT2D eigenvalue weighted by Gasteiger charge is -2.00. The van der Waals surface area contributed by atoms with E-state index < -0.39 is 5.82 Å². The molecule has 1 saturated carbocycles. The van der Waals surface area contributed by atoms with Gasteiger partial charge in [-0.25, -0.2) is 4.39 Å². The molecule has 0 radical (unpaired) electrons. The second kappa shape index (κ2) is 5.27. The van der Waals surface area contributed by atoms with Crippen molar-refractivity contribution in [3.63, 3.8) is 0 Å². The number of nitrogens with one attached hydrogen (secondary N) is 1. The van der Waals surface area contributed by atoms with Gasteiger partial charge >= 0.3 is 0 Å². The molecule has 1 aliphatic carbocycles. The number of hydrogen-bond donors (Lipinski definition) is 1. The summed E-state index contributed by atoms with van der Waals surface area (Å²) in [6.07, 6.45) is 2.68. The Morgan fingerprint density at radius 3 is 3.05 bits per heavy atom. The van der Waals surface area contributed by atoms with E-state index in [-0.39, 0.29) is 11.4 Å². The van der Waals surface area contributed by atoms with E-state index in [0.717, 1.165) is 0 Å². The molecule has 0 amide bonds. The van der Waals surface area contributed by atoms with Gasteiger partial charge in [0.05, 0.1) is 11.6 Å². The van der Waals surface area contributed by atoms with Crippen LogP contribution in [-0.4, -0.2) is 16.2 Å². The third-order valence-corrected chi connectivity index (χ3v) is 3.30. The molecule has 0 atom stereocenters. The highest BCUT2D eigenvalue weighted by atomic mass is 35.5. The lowest BCUT2D eigenvalue weighted by molar-refractivity contribution is 0.363. The van der Waals surface area contributed by atoms with E-state index in [0.29, 0.717) is 29.9 Å². The van der Waals surface area contributed by atoms with Gasteiger partial charge in [-0.2, -0.15) is 4.98 Å². The summed E-state index contributed by atoms with van der Waals surface area (Å²) >= 11 is 5.73. The lowest BCUT2D eigenvalue weighted by Crippen LogP contribution is -2.15. The van der Waals surface area contributed by atoms with Crippen molar-refractivity contribution in [2.45, 2.75) is 31.8 Å². The van der Waals surface area contributed by atoms with Crippen LogP contribution >= 0.6 is 11.6 Å². The standard InChI is InChI=1S/C13H13ClFN3O/c14-10-3-1-2-8(13(10)15)6-11-17-12(19-18-11)7-16-9-4-5-9/h1-3,9,16H,4-7H2. The molecule has 0 unspecified atom stereocenters. The van der Waals surface area contributed by atoms with Crippen molar-refractivity contribution in [3.8, 4) is 0 Å². The summed E-state index contributed by atoms with van der Waals surface area (Å²) in [6, 6.07) is 5.47. The first-order valence-electron chi connectivity index (χ1n) is 6.20. The van der Waals surface area contributed by atoms with Gasteiger partial charge in [-0.15, -0.1) is 0 Å². The molecule has 1 fully saturated rings. The Labute approximate surface area is 115 Å². The topological polar surface area (TPSA) is 51.0 Å². The molecule has 0 saturated heterocycles. The number of halogens is 2. The first-order valence-corrected chi connectivity index (χ1v) is 6.58. The third-order valence-electron chi connectivity index (χ3n) is 3.01. The fraction of sp³-hybridized carbons (Fsp3) is 0.385. The van der Waals surface area contributed by atoms with Crippen molar-refractivity contribution in [2.24, 2.45) is 0 Å². The van der Waals surface area contributed by atoms with Crippen LogP contribution in [0.25, 0.3) is 0 Å². The quantitative estimate of drug-likeness (QED) is 0.915. The van der Waals surface area contributed by atoms with E-state index >= 15 is 0 Å². The highest BCUT2D eigenvalue weighted by Crippen LogP contribution is 2.20. The molecule has 2 aromatic rings. The van der Waals surface area contributed by atoms with Crippen LogP contribution in [0.15, 0.2) is 22.7 Å². The average molecular weight is 282 g/mol. The van der Waals surface area contributed by atoms with E-state index in [1.807, 2.05) is 0 Å². The molecule has 1 N–H and O–H groups in total. The predicted molar refractivity (Wildman–Crippen MR) is 68.4 cm³/mol. The lowest BCUT2D eigenvalue weighted by atomic mass is 10.1. The molecular weight excluding hydrogens is 269 g/mol. The molecule has 3 rings (SSSR count). The molecule has 1 aromatic carbocycles. The molecule has 0 spiro atoms. The van der Waals surface area contributed by atoms with Gasteiger partial charge in [-0.05, 0) is 24.5 Å². The zero-order valence-corrected chi connectivity index (χ0v) is 11.0. The van der Waals surface area contributed by atoms with E-state index in [4.69, 9.17) is 16.1 Å². The Balaban J connectivity index is 1.67. The molecule has 0 bridgehead atoms. The molecule has 6 heteroatoms. The largest absolute Gasteiger partial charge is 0.338 e. The highest BCUT2D eigenvalue weighted by Gasteiger charge is 2.21. The summed E-state index contributed by atoms with van der Waals surface area (Å²) < 4.78 is 18.8. The van der Waals surface area contributed by atoms with Gasteiger partial charge in [0.25, 0.3) is 0 Å². The predicted octanol–water partition coefficient (Wildman–Crippen LogP) is 2.70. The summed E-state index contributed by atoms with van der Waals surface area (Å²) in [5.74, 6) is 0.574. The number of nitrogens with zero attached hydrogens (tertiary/aromatic N) is 2. The molecule has 1 aliphatic rings. The minimum atomic E-state index is -0.424. The molecule has 1 aromatic heterocycles. The Hall–Kier alpha value is -1.46. The molecule has 100 valence electrons. The van der Waals surface area contributed by atoms with Gasteiger partial charge in [-0.3, -0.25) is 0 Å². The van der Waals surface area contributed by atoms with Crippen molar-refractivity contribution < 1.29 is 8.91 Å². The maximum atomic E-state index is 13.7. The summed E-state index contributed by atoms with van der Waals surface area (Å²) in [7, 11) is 0. The van der Waals surface area contributed by atoms with Crippen LogP contribution in [-0.2, 0) is 13.0 Å². The second-order valence-corrected chi connectivity index (χ2v) is 5.06. The Morgan fingerprint density at radius 1 is 1.42 bits per heavy atom. The van der Waals surface area contributed by atoms with Gasteiger partial charge in [0.1, 0.15) is 5.82 Å². The summed E-state index contributed by atoms with van der Waals surface area (Å²) in [5, 5.41) is 7.23. The van der Waals surface area contributed by atoms with Crippen LogP contribution in [0, 0.1) is 5.82 Å². The number of aromatic nitrogens is 2. The monoisotopic (exact) mass is 281 g/mol. The Morgan fingerprint density at radius 2 is 2.26 bits per heavy atom. The van der Waals surface area contributed by atoms with Crippen molar-refractivity contribution in [2.75, 3.05) is 0 Å². The molecule has 1 heterocycles. The van der Waals surface area contributed by atoms with Gasteiger partial charge in [0, 0.05) is 12.5 Å². The van der Waals surface area contributed by atoms with E-state index in [1.54, 1.807) is 12.1 Å². The number of benzene rings is 1. The van der Waals surface area contributed by atoms with Gasteiger partial charge in [-0.1, -0.05) is 28.9 Å². The maximum absolute atomic E-state index is 13.7.